The van der Waals surface area contributed by atoms with Gasteiger partial charge in [-0.2, -0.15) is 0 Å². The first-order chi connectivity index (χ1) is 7.81. The van der Waals surface area contributed by atoms with E-state index in [1.165, 1.54) is 17.7 Å². The lowest BCUT2D eigenvalue weighted by atomic mass is 10.1. The molecular weight excluding hydrogens is 198 g/mol. The highest BCUT2D eigenvalue weighted by atomic mass is 15.2. The van der Waals surface area contributed by atoms with Crippen molar-refractivity contribution in [2.45, 2.75) is 53.1 Å². The second kappa shape index (κ2) is 6.59. The summed E-state index contributed by atoms with van der Waals surface area (Å²) in [5, 5.41) is 0. The Morgan fingerprint density at radius 2 is 2.19 bits per heavy atom. The van der Waals surface area contributed by atoms with Gasteiger partial charge in [0, 0.05) is 43.0 Å². The van der Waals surface area contributed by atoms with Gasteiger partial charge in [-0.1, -0.05) is 20.8 Å². The predicted molar refractivity (Wildman–Crippen MR) is 67.2 cm³/mol. The summed E-state index contributed by atoms with van der Waals surface area (Å²) in [5.74, 6) is 0. The van der Waals surface area contributed by atoms with Crippen molar-refractivity contribution in [3.8, 4) is 0 Å². The van der Waals surface area contributed by atoms with E-state index >= 15 is 0 Å². The van der Waals surface area contributed by atoms with Crippen molar-refractivity contribution >= 4 is 0 Å². The zero-order chi connectivity index (χ0) is 12.0. The van der Waals surface area contributed by atoms with Crippen LogP contribution in [0.25, 0.3) is 0 Å². The van der Waals surface area contributed by atoms with Crippen LogP contribution in [0.15, 0.2) is 12.5 Å². The van der Waals surface area contributed by atoms with Gasteiger partial charge in [-0.3, -0.25) is 4.90 Å². The average molecular weight is 221 g/mol. The fourth-order valence-electron chi connectivity index (χ4n) is 1.92. The third-order valence-corrected chi connectivity index (χ3v) is 3.10. The van der Waals surface area contributed by atoms with Crippen LogP contribution >= 0.6 is 0 Å². The van der Waals surface area contributed by atoms with Gasteiger partial charge in [0.05, 0.1) is 0 Å². The summed E-state index contributed by atoms with van der Waals surface area (Å²) in [4.78, 5) is 10.9. The summed E-state index contributed by atoms with van der Waals surface area (Å²) in [5.41, 5.74) is 2.54. The lowest BCUT2D eigenvalue weighted by Gasteiger charge is -2.32. The van der Waals surface area contributed by atoms with Crippen LogP contribution in [0.2, 0.25) is 0 Å². The average Bonchev–Trinajstić information content (AvgIpc) is 2.39. The molecule has 3 heteroatoms. The fraction of sp³-hybridized carbons (Fsp3) is 0.692. The summed E-state index contributed by atoms with van der Waals surface area (Å²) < 4.78 is 0. The molecule has 1 aromatic heterocycles. The van der Waals surface area contributed by atoms with Crippen LogP contribution in [0, 0.1) is 0 Å². The molecule has 0 aromatic carbocycles. The van der Waals surface area contributed by atoms with Crippen LogP contribution in [-0.4, -0.2) is 27.5 Å². The molecule has 0 saturated heterocycles. The van der Waals surface area contributed by atoms with Crippen LogP contribution < -0.4 is 0 Å². The maximum absolute atomic E-state index is 4.30. The first kappa shape index (κ1) is 13.1. The molecule has 2 rings (SSSR count). The van der Waals surface area contributed by atoms with Crippen molar-refractivity contribution < 1.29 is 0 Å². The Bertz CT molecular complexity index is 312. The van der Waals surface area contributed by atoms with E-state index in [-0.39, 0.29) is 0 Å². The van der Waals surface area contributed by atoms with Crippen molar-refractivity contribution in [3.05, 3.63) is 23.8 Å². The summed E-state index contributed by atoms with van der Waals surface area (Å²) in [6.07, 6.45) is 5.89. The molecule has 90 valence electrons. The van der Waals surface area contributed by atoms with Gasteiger partial charge < -0.3 is 0 Å². The number of rotatable bonds is 2. The Kier molecular flexibility index (Phi) is 5.39. The van der Waals surface area contributed by atoms with Gasteiger partial charge in [-0.15, -0.1) is 0 Å². The summed E-state index contributed by atoms with van der Waals surface area (Å²) in [7, 11) is 0. The largest absolute Gasteiger partial charge is 0.296 e. The van der Waals surface area contributed by atoms with Gasteiger partial charge in [0.2, 0.25) is 0 Å². The van der Waals surface area contributed by atoms with E-state index in [4.69, 9.17) is 0 Å². The van der Waals surface area contributed by atoms with Gasteiger partial charge in [0.1, 0.15) is 6.33 Å². The molecule has 0 spiro atoms. The molecular formula is C13H23N3. The molecule has 0 bridgehead atoms. The van der Waals surface area contributed by atoms with E-state index < -0.39 is 0 Å². The standard InChI is InChI=1S/C11H17N3.C2H6/c1-3-9(2)14-5-4-11-10(7-14)6-12-8-13-11;1-2/h6,8-9H,3-5,7H2,1-2H3;1-2H3. The third kappa shape index (κ3) is 3.01. The molecule has 2 heterocycles. The topological polar surface area (TPSA) is 29.0 Å². The molecule has 3 nitrogen and oxygen atoms in total. The molecule has 0 fully saturated rings. The zero-order valence-electron chi connectivity index (χ0n) is 10.9. The van der Waals surface area contributed by atoms with Crippen LogP contribution in [0.4, 0.5) is 0 Å². The first-order valence-electron chi connectivity index (χ1n) is 6.33. The number of hydrogen-bond donors (Lipinski definition) is 0. The molecule has 0 saturated carbocycles. The van der Waals surface area contributed by atoms with E-state index in [2.05, 4.69) is 28.7 Å². The van der Waals surface area contributed by atoms with Crippen LogP contribution in [0.1, 0.15) is 45.4 Å². The summed E-state index contributed by atoms with van der Waals surface area (Å²) in [6.45, 7) is 10.7. The Morgan fingerprint density at radius 3 is 2.88 bits per heavy atom. The lowest BCUT2D eigenvalue weighted by molar-refractivity contribution is 0.184. The summed E-state index contributed by atoms with van der Waals surface area (Å²) >= 11 is 0. The van der Waals surface area contributed by atoms with Crippen LogP contribution in [-0.2, 0) is 13.0 Å². The SMILES string of the molecule is CC.CCC(C)N1CCc2ncncc2C1. The number of hydrogen-bond acceptors (Lipinski definition) is 3. The minimum atomic E-state index is 0.670. The molecule has 1 atom stereocenters. The highest BCUT2D eigenvalue weighted by Gasteiger charge is 2.19. The van der Waals surface area contributed by atoms with Crippen molar-refractivity contribution in [1.82, 2.24) is 14.9 Å². The molecule has 1 aliphatic rings. The maximum atomic E-state index is 4.30. The second-order valence-corrected chi connectivity index (χ2v) is 3.97. The minimum absolute atomic E-state index is 0.670. The van der Waals surface area contributed by atoms with Gasteiger partial charge in [-0.05, 0) is 13.3 Å². The van der Waals surface area contributed by atoms with Gasteiger partial charge in [0.25, 0.3) is 0 Å². The van der Waals surface area contributed by atoms with E-state index in [0.717, 1.165) is 19.5 Å². The molecule has 0 aliphatic carbocycles. The maximum Gasteiger partial charge on any atom is 0.115 e. The number of fused-ring (bicyclic) bond motifs is 1. The van der Waals surface area contributed by atoms with E-state index in [1.54, 1.807) is 6.33 Å². The van der Waals surface area contributed by atoms with Crippen molar-refractivity contribution in [3.63, 3.8) is 0 Å². The second-order valence-electron chi connectivity index (χ2n) is 3.97. The number of nitrogens with zero attached hydrogens (tertiary/aromatic N) is 3. The molecule has 0 amide bonds. The van der Waals surface area contributed by atoms with Gasteiger partial charge in [-0.25, -0.2) is 9.97 Å². The van der Waals surface area contributed by atoms with E-state index in [0.29, 0.717) is 6.04 Å². The molecule has 1 aliphatic heterocycles. The van der Waals surface area contributed by atoms with Gasteiger partial charge >= 0.3 is 0 Å². The normalized spacial score (nSPS) is 17.0. The van der Waals surface area contributed by atoms with Crippen LogP contribution in [0.3, 0.4) is 0 Å². The van der Waals surface area contributed by atoms with E-state index in [1.807, 2.05) is 20.0 Å². The molecule has 0 N–H and O–H groups in total. The lowest BCUT2D eigenvalue weighted by Crippen LogP contribution is -2.37. The van der Waals surface area contributed by atoms with Gasteiger partial charge in [0.15, 0.2) is 0 Å². The molecule has 16 heavy (non-hydrogen) atoms. The van der Waals surface area contributed by atoms with E-state index in [9.17, 15) is 0 Å². The molecule has 0 radical (unpaired) electrons. The Morgan fingerprint density at radius 1 is 1.44 bits per heavy atom. The highest BCUT2D eigenvalue weighted by Crippen LogP contribution is 2.18. The Balaban J connectivity index is 0.000000606. The highest BCUT2D eigenvalue weighted by molar-refractivity contribution is 5.18. The van der Waals surface area contributed by atoms with Crippen molar-refractivity contribution in [2.24, 2.45) is 0 Å². The Hall–Kier alpha value is -0.960. The minimum Gasteiger partial charge on any atom is -0.296 e. The fourth-order valence-corrected chi connectivity index (χ4v) is 1.92. The number of aromatic nitrogens is 2. The Labute approximate surface area is 98.9 Å². The molecule has 1 aromatic rings. The first-order valence-corrected chi connectivity index (χ1v) is 6.33. The zero-order valence-corrected chi connectivity index (χ0v) is 10.9. The van der Waals surface area contributed by atoms with Crippen LogP contribution in [0.5, 0.6) is 0 Å². The third-order valence-electron chi connectivity index (χ3n) is 3.10. The summed E-state index contributed by atoms with van der Waals surface area (Å²) in [6, 6.07) is 0.670. The van der Waals surface area contributed by atoms with Crippen molar-refractivity contribution in [1.29, 1.82) is 0 Å². The van der Waals surface area contributed by atoms with Crippen molar-refractivity contribution in [2.75, 3.05) is 6.54 Å². The predicted octanol–water partition coefficient (Wildman–Crippen LogP) is 2.66. The molecule has 1 unspecified atom stereocenters. The smallest absolute Gasteiger partial charge is 0.115 e. The monoisotopic (exact) mass is 221 g/mol. The quantitative estimate of drug-likeness (QED) is 0.769.